The largest absolute Gasteiger partial charge is 0.394 e. The lowest BCUT2D eigenvalue weighted by molar-refractivity contribution is -0.231. The molecule has 3 heterocycles. The molecule has 9 N–H and O–H groups in total. The van der Waals surface area contributed by atoms with Crippen LogP contribution in [0.2, 0.25) is 0 Å². The Morgan fingerprint density at radius 1 is 0.429 bits per heavy atom. The van der Waals surface area contributed by atoms with Crippen molar-refractivity contribution < 1.29 is 74.4 Å². The maximum Gasteiger partial charge on any atom is 0.114 e. The van der Waals surface area contributed by atoms with Gasteiger partial charge in [-0.3, -0.25) is 0 Å². The van der Waals surface area contributed by atoms with Gasteiger partial charge in [0.05, 0.1) is 38.1 Å². The van der Waals surface area contributed by atoms with Crippen molar-refractivity contribution in [1.29, 1.82) is 0 Å². The van der Waals surface area contributed by atoms with E-state index in [9.17, 15) is 30.6 Å². The number of hydrogen-bond acceptors (Lipinski definition) is 15. The number of aliphatic hydroxyl groups is 9. The molecule has 0 spiro atoms. The average Bonchev–Trinajstić information content (AvgIpc) is 2.93. The van der Waals surface area contributed by atoms with Crippen molar-refractivity contribution in [3.8, 4) is 0 Å². The molecule has 15 atom stereocenters. The zero-order valence-electron chi connectivity index (χ0n) is 23.3. The molecule has 15 heteroatoms. The average molecular weight is 625 g/mol. The molecule has 0 aromatic rings. The van der Waals surface area contributed by atoms with Crippen LogP contribution in [-0.4, -0.2) is 179 Å². The van der Waals surface area contributed by atoms with Gasteiger partial charge in [0.2, 0.25) is 0 Å². The van der Waals surface area contributed by atoms with Crippen LogP contribution in [0.4, 0.5) is 0 Å². The molecule has 0 radical (unpaired) electrons. The summed E-state index contributed by atoms with van der Waals surface area (Å²) in [5.41, 5.74) is 0. The smallest absolute Gasteiger partial charge is 0.114 e. The quantitative estimate of drug-likeness (QED) is 0.147. The van der Waals surface area contributed by atoms with E-state index in [2.05, 4.69) is 0 Å². The number of ether oxygens (including phenoxy) is 6. The minimum atomic E-state index is -1.01. The van der Waals surface area contributed by atoms with Gasteiger partial charge in [-0.2, -0.15) is 0 Å². The van der Waals surface area contributed by atoms with Gasteiger partial charge in [-0.1, -0.05) is 22.3 Å². The van der Waals surface area contributed by atoms with E-state index >= 15 is 0 Å². The maximum absolute atomic E-state index is 9.54. The number of rotatable bonds is 6. The molecule has 3 aliphatic rings. The first-order valence-electron chi connectivity index (χ1n) is 12.8. The summed E-state index contributed by atoms with van der Waals surface area (Å²) in [6.07, 6.45) is -11.1. The lowest BCUT2D eigenvalue weighted by Crippen LogP contribution is -2.58. The lowest BCUT2D eigenvalue weighted by Gasteiger charge is -2.40. The minimum Gasteiger partial charge on any atom is -0.394 e. The van der Waals surface area contributed by atoms with Crippen LogP contribution in [0.25, 0.3) is 0 Å². The molecule has 6 unspecified atom stereocenters. The molecule has 0 aliphatic carbocycles. The Balaban J connectivity index is -0.000000524. The molecule has 0 bridgehead atoms. The molecule has 0 amide bonds. The van der Waals surface area contributed by atoms with Crippen LogP contribution in [0, 0.1) is 0 Å². The van der Waals surface area contributed by atoms with Crippen molar-refractivity contribution in [2.75, 3.05) is 41.2 Å². The van der Waals surface area contributed by atoms with Crippen molar-refractivity contribution in [2.24, 2.45) is 0 Å². The Hall–Kier alpha value is -0.600. The number of aliphatic hydroxyl groups excluding tert-OH is 9. The Kier molecular flexibility index (Phi) is 24.0. The summed E-state index contributed by atoms with van der Waals surface area (Å²) >= 11 is 0. The molecule has 3 fully saturated rings. The summed E-state index contributed by atoms with van der Waals surface area (Å²) in [6, 6.07) is 0. The van der Waals surface area contributed by atoms with Crippen LogP contribution in [0.1, 0.15) is 43.1 Å². The second-order valence-corrected chi connectivity index (χ2v) is 9.73. The summed E-state index contributed by atoms with van der Waals surface area (Å²) in [5.74, 6) is 0. The molecule has 15 nitrogen and oxygen atoms in total. The van der Waals surface area contributed by atoms with Gasteiger partial charge in [0.15, 0.2) is 0 Å². The predicted octanol–water partition coefficient (Wildman–Crippen LogP) is -2.58. The first kappa shape index (κ1) is 45.8. The predicted molar refractivity (Wildman–Crippen MR) is 153 cm³/mol. The van der Waals surface area contributed by atoms with E-state index in [0.717, 1.165) is 0 Å². The van der Waals surface area contributed by atoms with Crippen molar-refractivity contribution in [3.05, 3.63) is 0 Å². The fourth-order valence-corrected chi connectivity index (χ4v) is 4.69. The second-order valence-electron chi connectivity index (χ2n) is 9.73. The molecule has 258 valence electrons. The molecule has 42 heavy (non-hydrogen) atoms. The van der Waals surface area contributed by atoms with Gasteiger partial charge in [-0.15, -0.1) is 0 Å². The molecule has 3 saturated heterocycles. The molecular formula is C27H60O15. The molecule has 3 aliphatic heterocycles. The van der Waals surface area contributed by atoms with Gasteiger partial charge >= 0.3 is 0 Å². The molecule has 0 saturated carbocycles. The highest BCUT2D eigenvalue weighted by molar-refractivity contribution is 4.92. The molecular weight excluding hydrogens is 564 g/mol. The molecule has 3 rings (SSSR count). The zero-order chi connectivity index (χ0) is 30.0. The topological polar surface area (TPSA) is 237 Å². The van der Waals surface area contributed by atoms with E-state index in [0.29, 0.717) is 0 Å². The van der Waals surface area contributed by atoms with E-state index in [1.54, 1.807) is 20.8 Å². The third kappa shape index (κ3) is 11.4. The van der Waals surface area contributed by atoms with Crippen molar-refractivity contribution in [3.63, 3.8) is 0 Å². The SMILES string of the molecule is C.C.C.CO[C@@H]1C(CO)O[C@H](C)C(O)[C@H]1O.CO[C@@H]1C(CO)O[C@H](C)C(O)[C@H]1O.CO[C@H]1C(CO)O[C@H](C)C(O)[C@H]1O. The third-order valence-electron chi connectivity index (χ3n) is 7.13. The first-order chi connectivity index (χ1) is 18.3. The maximum atomic E-state index is 9.54. The van der Waals surface area contributed by atoms with Gasteiger partial charge in [-0.05, 0) is 20.8 Å². The molecule has 0 aromatic heterocycles. The Morgan fingerprint density at radius 3 is 0.762 bits per heavy atom. The monoisotopic (exact) mass is 624 g/mol. The summed E-state index contributed by atoms with van der Waals surface area (Å²) in [7, 11) is 4.22. The van der Waals surface area contributed by atoms with Gasteiger partial charge in [0.1, 0.15) is 73.2 Å². The van der Waals surface area contributed by atoms with E-state index in [-0.39, 0.29) is 42.1 Å². The van der Waals surface area contributed by atoms with Crippen LogP contribution < -0.4 is 0 Å². The Bertz CT molecular complexity index is 569. The zero-order valence-corrected chi connectivity index (χ0v) is 23.3. The van der Waals surface area contributed by atoms with Crippen molar-refractivity contribution in [2.45, 2.75) is 135 Å². The van der Waals surface area contributed by atoms with Gasteiger partial charge < -0.3 is 74.4 Å². The standard InChI is InChI=1S/3C8H16O5.3CH4/c3*1-4-6(10)7(11)8(12-2)5(3-9)13-4;;;/h3*4-11H,3H2,1-2H3;3*1H4/t4-,5?,6?,7-,8+;2*4-,5?,6?,7-,8-;;;/m111.../s1. The van der Waals surface area contributed by atoms with Gasteiger partial charge in [-0.25, -0.2) is 0 Å². The molecule has 0 aromatic carbocycles. The highest BCUT2D eigenvalue weighted by Crippen LogP contribution is 2.24. The fourth-order valence-electron chi connectivity index (χ4n) is 4.69. The first-order valence-corrected chi connectivity index (χ1v) is 12.8. The number of hydrogen-bond donors (Lipinski definition) is 9. The van der Waals surface area contributed by atoms with Crippen molar-refractivity contribution in [1.82, 2.24) is 0 Å². The van der Waals surface area contributed by atoms with Crippen LogP contribution in [-0.2, 0) is 28.4 Å². The highest BCUT2D eigenvalue weighted by Gasteiger charge is 2.44. The van der Waals surface area contributed by atoms with Crippen molar-refractivity contribution >= 4 is 0 Å². The summed E-state index contributed by atoms with van der Waals surface area (Å²) in [6.45, 7) is 4.24. The Morgan fingerprint density at radius 2 is 0.619 bits per heavy atom. The van der Waals surface area contributed by atoms with Crippen LogP contribution in [0.3, 0.4) is 0 Å². The Labute approximate surface area is 250 Å². The van der Waals surface area contributed by atoms with Crippen LogP contribution >= 0.6 is 0 Å². The minimum absolute atomic E-state index is 0. The van der Waals surface area contributed by atoms with Gasteiger partial charge in [0.25, 0.3) is 0 Å². The van der Waals surface area contributed by atoms with E-state index in [1.807, 2.05) is 0 Å². The van der Waals surface area contributed by atoms with Gasteiger partial charge in [0, 0.05) is 21.3 Å². The third-order valence-corrected chi connectivity index (χ3v) is 7.13. The summed E-state index contributed by atoms with van der Waals surface area (Å²) in [4.78, 5) is 0. The van der Waals surface area contributed by atoms with E-state index < -0.39 is 91.6 Å². The fraction of sp³-hybridized carbons (Fsp3) is 1.00. The highest BCUT2D eigenvalue weighted by atomic mass is 16.6. The summed E-state index contributed by atoms with van der Waals surface area (Å²) in [5, 5.41) is 83.7. The summed E-state index contributed by atoms with van der Waals surface area (Å²) < 4.78 is 30.5. The second kappa shape index (κ2) is 22.0. The van der Waals surface area contributed by atoms with Crippen LogP contribution in [0.5, 0.6) is 0 Å². The lowest BCUT2D eigenvalue weighted by atomic mass is 9.96. The normalized spacial score (nSPS) is 43.1. The van der Waals surface area contributed by atoms with E-state index in [4.69, 9.17) is 43.7 Å². The van der Waals surface area contributed by atoms with Crippen LogP contribution in [0.15, 0.2) is 0 Å². The van der Waals surface area contributed by atoms with E-state index in [1.165, 1.54) is 21.3 Å². The number of methoxy groups -OCH3 is 3.